The molecule has 0 saturated heterocycles. The number of hydrogen-bond donors (Lipinski definition) is 2. The number of carboxylic acid groups (broad SMARTS) is 1. The van der Waals surface area contributed by atoms with Gasteiger partial charge in [0.25, 0.3) is 0 Å². The van der Waals surface area contributed by atoms with E-state index in [1.807, 2.05) is 5.43 Å². The van der Waals surface area contributed by atoms with Crippen molar-refractivity contribution in [1.82, 2.24) is 5.43 Å². The summed E-state index contributed by atoms with van der Waals surface area (Å²) in [5.41, 5.74) is 1.89. The lowest BCUT2D eigenvalue weighted by atomic mass is 10.2. The van der Waals surface area contributed by atoms with E-state index < -0.39 is 14.4 Å². The van der Waals surface area contributed by atoms with E-state index in [2.05, 4.69) is 39.0 Å². The van der Waals surface area contributed by atoms with Crippen LogP contribution in [-0.2, 0) is 4.43 Å². The molecule has 2 N–H and O–H groups in total. The van der Waals surface area contributed by atoms with E-state index in [0.717, 1.165) is 0 Å². The van der Waals surface area contributed by atoms with Gasteiger partial charge >= 0.3 is 6.09 Å². The van der Waals surface area contributed by atoms with Gasteiger partial charge in [0, 0.05) is 6.21 Å². The van der Waals surface area contributed by atoms with Crippen molar-refractivity contribution in [3.05, 3.63) is 0 Å². The van der Waals surface area contributed by atoms with Crippen LogP contribution in [0.3, 0.4) is 0 Å². The molecule has 6 heteroatoms. The highest BCUT2D eigenvalue weighted by Gasteiger charge is 2.36. The molecule has 0 aromatic carbocycles. The van der Waals surface area contributed by atoms with Crippen LogP contribution in [-0.4, -0.2) is 32.3 Å². The summed E-state index contributed by atoms with van der Waals surface area (Å²) in [5.74, 6) is 0. The van der Waals surface area contributed by atoms with Gasteiger partial charge in [-0.25, -0.2) is 10.2 Å². The number of carbonyl (C=O) groups is 1. The van der Waals surface area contributed by atoms with Gasteiger partial charge in [-0.15, -0.1) is 0 Å². The number of amides is 1. The van der Waals surface area contributed by atoms with Gasteiger partial charge in [0.2, 0.25) is 0 Å². The van der Waals surface area contributed by atoms with E-state index in [1.54, 1.807) is 0 Å². The van der Waals surface area contributed by atoms with E-state index in [-0.39, 0.29) is 5.04 Å². The zero-order valence-electron chi connectivity index (χ0n) is 10.00. The van der Waals surface area contributed by atoms with Crippen molar-refractivity contribution >= 4 is 20.6 Å². The van der Waals surface area contributed by atoms with Gasteiger partial charge in [-0.3, -0.25) is 0 Å². The van der Waals surface area contributed by atoms with Crippen LogP contribution in [0.25, 0.3) is 0 Å². The number of rotatable bonds is 4. The van der Waals surface area contributed by atoms with Gasteiger partial charge < -0.3 is 9.53 Å². The molecule has 0 aliphatic heterocycles. The minimum Gasteiger partial charge on any atom is -0.464 e. The highest BCUT2D eigenvalue weighted by molar-refractivity contribution is 6.74. The van der Waals surface area contributed by atoms with Gasteiger partial charge in [-0.2, -0.15) is 5.10 Å². The molecule has 0 fully saturated rings. The molecular weight excluding hydrogens is 212 g/mol. The summed E-state index contributed by atoms with van der Waals surface area (Å²) in [6, 6.07) is 0. The predicted octanol–water partition coefficient (Wildman–Crippen LogP) is 2.26. The Labute approximate surface area is 91.6 Å². The molecule has 0 atom stereocenters. The van der Waals surface area contributed by atoms with Gasteiger partial charge in [0.15, 0.2) is 8.32 Å². The van der Waals surface area contributed by atoms with Crippen LogP contribution < -0.4 is 5.43 Å². The fourth-order valence-electron chi connectivity index (χ4n) is 0.600. The summed E-state index contributed by atoms with van der Waals surface area (Å²) in [6.45, 7) is 11.0. The van der Waals surface area contributed by atoms with Crippen molar-refractivity contribution in [3.63, 3.8) is 0 Å². The lowest BCUT2D eigenvalue weighted by molar-refractivity contribution is 0.195. The van der Waals surface area contributed by atoms with Crippen LogP contribution in [0.2, 0.25) is 18.1 Å². The molecular formula is C9H20N2O3Si. The molecule has 0 bridgehead atoms. The van der Waals surface area contributed by atoms with Crippen LogP contribution in [0.15, 0.2) is 5.10 Å². The Bertz CT molecular complexity index is 246. The standard InChI is InChI=1S/C9H20N2O3Si/c1-9(2,3)15(4,5)14-7-6-10-11-8(12)13/h6,11H,7H2,1-5H3,(H,12,13)/b10-6+. The Hall–Kier alpha value is -0.883. The van der Waals surface area contributed by atoms with Crippen LogP contribution in [0.4, 0.5) is 4.79 Å². The lowest BCUT2D eigenvalue weighted by Gasteiger charge is -2.35. The Kier molecular flexibility index (Phi) is 4.96. The summed E-state index contributed by atoms with van der Waals surface area (Å²) >= 11 is 0. The molecule has 0 spiro atoms. The van der Waals surface area contributed by atoms with Crippen molar-refractivity contribution < 1.29 is 14.3 Å². The summed E-state index contributed by atoms with van der Waals surface area (Å²) < 4.78 is 5.73. The predicted molar refractivity (Wildman–Crippen MR) is 62.8 cm³/mol. The molecule has 0 aliphatic rings. The highest BCUT2D eigenvalue weighted by atomic mass is 28.4. The summed E-state index contributed by atoms with van der Waals surface area (Å²) in [6.07, 6.45) is 0.257. The topological polar surface area (TPSA) is 70.9 Å². The van der Waals surface area contributed by atoms with Crippen molar-refractivity contribution in [2.24, 2.45) is 5.10 Å². The molecule has 0 unspecified atom stereocenters. The van der Waals surface area contributed by atoms with Crippen molar-refractivity contribution in [2.75, 3.05) is 6.61 Å². The minimum absolute atomic E-state index is 0.154. The van der Waals surface area contributed by atoms with Crippen molar-refractivity contribution in [1.29, 1.82) is 0 Å². The maximum atomic E-state index is 10.1. The first-order valence-electron chi connectivity index (χ1n) is 4.81. The van der Waals surface area contributed by atoms with Gasteiger partial charge in [0.1, 0.15) is 0 Å². The van der Waals surface area contributed by atoms with Gasteiger partial charge in [-0.05, 0) is 18.1 Å². The fraction of sp³-hybridized carbons (Fsp3) is 0.778. The van der Waals surface area contributed by atoms with Crippen LogP contribution >= 0.6 is 0 Å². The summed E-state index contributed by atoms with van der Waals surface area (Å²) in [5, 5.41) is 11.9. The molecule has 15 heavy (non-hydrogen) atoms. The quantitative estimate of drug-likeness (QED) is 0.444. The average molecular weight is 232 g/mol. The Morgan fingerprint density at radius 1 is 1.53 bits per heavy atom. The highest BCUT2D eigenvalue weighted by Crippen LogP contribution is 2.36. The van der Waals surface area contributed by atoms with Crippen LogP contribution in [0.5, 0.6) is 0 Å². The Balaban J connectivity index is 3.96. The third-order valence-electron chi connectivity index (χ3n) is 2.58. The Morgan fingerprint density at radius 2 is 2.07 bits per heavy atom. The monoisotopic (exact) mass is 232 g/mol. The lowest BCUT2D eigenvalue weighted by Crippen LogP contribution is -2.41. The largest absolute Gasteiger partial charge is 0.464 e. The van der Waals surface area contributed by atoms with Crippen LogP contribution in [0.1, 0.15) is 20.8 Å². The first kappa shape index (κ1) is 14.1. The molecule has 0 radical (unpaired) electrons. The molecule has 0 heterocycles. The van der Waals surface area contributed by atoms with Crippen LogP contribution in [0, 0.1) is 0 Å². The third kappa shape index (κ3) is 5.53. The number of hydrazone groups is 1. The Morgan fingerprint density at radius 3 is 2.47 bits per heavy atom. The van der Waals surface area contributed by atoms with Gasteiger partial charge in [0.05, 0.1) is 6.61 Å². The summed E-state index contributed by atoms with van der Waals surface area (Å²) in [4.78, 5) is 10.1. The third-order valence-corrected chi connectivity index (χ3v) is 7.08. The van der Waals surface area contributed by atoms with E-state index in [4.69, 9.17) is 9.53 Å². The SMILES string of the molecule is CC(C)(C)[Si](C)(C)OC/C=N/NC(=O)O. The number of hydrogen-bond acceptors (Lipinski definition) is 3. The maximum Gasteiger partial charge on any atom is 0.425 e. The zero-order valence-corrected chi connectivity index (χ0v) is 11.0. The van der Waals surface area contributed by atoms with E-state index in [9.17, 15) is 4.79 Å². The zero-order chi connectivity index (χ0) is 12.1. The van der Waals surface area contributed by atoms with Crippen molar-refractivity contribution in [3.8, 4) is 0 Å². The van der Waals surface area contributed by atoms with E-state index in [0.29, 0.717) is 6.61 Å². The molecule has 0 aliphatic carbocycles. The second kappa shape index (κ2) is 5.27. The molecule has 88 valence electrons. The normalized spacial score (nSPS) is 13.1. The molecule has 0 rings (SSSR count). The smallest absolute Gasteiger partial charge is 0.425 e. The maximum absolute atomic E-state index is 10.1. The average Bonchev–Trinajstić information content (AvgIpc) is 2.00. The molecule has 0 aromatic rings. The van der Waals surface area contributed by atoms with E-state index in [1.165, 1.54) is 6.21 Å². The molecule has 1 amide bonds. The first-order chi connectivity index (χ1) is 6.67. The number of nitrogens with zero attached hydrogens (tertiary/aromatic N) is 1. The number of nitrogens with one attached hydrogen (secondary N) is 1. The minimum atomic E-state index is -1.75. The second-order valence-electron chi connectivity index (χ2n) is 4.80. The molecule has 0 aromatic heterocycles. The first-order valence-corrected chi connectivity index (χ1v) is 7.72. The fourth-order valence-corrected chi connectivity index (χ4v) is 1.52. The van der Waals surface area contributed by atoms with Crippen molar-refractivity contribution in [2.45, 2.75) is 38.9 Å². The second-order valence-corrected chi connectivity index (χ2v) is 9.61. The van der Waals surface area contributed by atoms with Gasteiger partial charge in [-0.1, -0.05) is 20.8 Å². The summed E-state index contributed by atoms with van der Waals surface area (Å²) in [7, 11) is -1.75. The molecule has 5 nitrogen and oxygen atoms in total. The van der Waals surface area contributed by atoms with E-state index >= 15 is 0 Å². The molecule has 0 saturated carbocycles.